The summed E-state index contributed by atoms with van der Waals surface area (Å²) in [5, 5.41) is 20.4. The van der Waals surface area contributed by atoms with E-state index in [0.29, 0.717) is 22.4 Å². The van der Waals surface area contributed by atoms with Gasteiger partial charge in [0, 0.05) is 17.7 Å². The summed E-state index contributed by atoms with van der Waals surface area (Å²) >= 11 is 0. The SMILES string of the molecule is COc1ccccc1C1/C(=C(\O)c2ccc(C)c(C)c2)C(=O)C(=O)N1Cc1ccc(C(=O)O)cc1. The number of methoxy groups -OCH3 is 1. The molecule has 0 saturated carbocycles. The summed E-state index contributed by atoms with van der Waals surface area (Å²) in [6.07, 6.45) is 0. The van der Waals surface area contributed by atoms with E-state index in [1.54, 1.807) is 48.5 Å². The van der Waals surface area contributed by atoms with E-state index in [0.717, 1.165) is 11.1 Å². The Kier molecular flexibility index (Phi) is 6.42. The van der Waals surface area contributed by atoms with Gasteiger partial charge in [-0.15, -0.1) is 0 Å². The predicted molar refractivity (Wildman–Crippen MR) is 130 cm³/mol. The normalized spacial score (nSPS) is 17.0. The smallest absolute Gasteiger partial charge is 0.335 e. The third-order valence-corrected chi connectivity index (χ3v) is 6.31. The van der Waals surface area contributed by atoms with Crippen LogP contribution in [0.15, 0.2) is 72.3 Å². The van der Waals surface area contributed by atoms with Gasteiger partial charge >= 0.3 is 5.97 Å². The number of ketones is 1. The minimum atomic E-state index is -1.06. The molecule has 1 unspecified atom stereocenters. The number of amides is 1. The number of carboxylic acid groups (broad SMARTS) is 1. The molecule has 1 atom stereocenters. The molecule has 2 N–H and O–H groups in total. The second-order valence-electron chi connectivity index (χ2n) is 8.47. The zero-order valence-electron chi connectivity index (χ0n) is 19.6. The molecular formula is C28H25NO6. The van der Waals surface area contributed by atoms with Gasteiger partial charge in [-0.3, -0.25) is 9.59 Å². The van der Waals surface area contributed by atoms with Crippen LogP contribution in [0.5, 0.6) is 5.75 Å². The van der Waals surface area contributed by atoms with Crippen molar-refractivity contribution in [2.24, 2.45) is 0 Å². The van der Waals surface area contributed by atoms with Crippen molar-refractivity contribution in [2.45, 2.75) is 26.4 Å². The minimum Gasteiger partial charge on any atom is -0.507 e. The van der Waals surface area contributed by atoms with Crippen molar-refractivity contribution in [1.29, 1.82) is 0 Å². The van der Waals surface area contributed by atoms with Crippen molar-refractivity contribution < 1.29 is 29.3 Å². The number of hydrogen-bond acceptors (Lipinski definition) is 5. The molecule has 0 bridgehead atoms. The maximum atomic E-state index is 13.3. The van der Waals surface area contributed by atoms with E-state index in [9.17, 15) is 19.5 Å². The largest absolute Gasteiger partial charge is 0.507 e. The van der Waals surface area contributed by atoms with Crippen molar-refractivity contribution in [2.75, 3.05) is 7.11 Å². The van der Waals surface area contributed by atoms with Gasteiger partial charge in [0.1, 0.15) is 11.5 Å². The molecule has 1 aliphatic rings. The summed E-state index contributed by atoms with van der Waals surface area (Å²) in [6.45, 7) is 3.89. The van der Waals surface area contributed by atoms with Gasteiger partial charge in [-0.2, -0.15) is 0 Å². The molecule has 1 fully saturated rings. The quantitative estimate of drug-likeness (QED) is 0.309. The van der Waals surface area contributed by atoms with Crippen LogP contribution in [0.25, 0.3) is 5.76 Å². The Morgan fingerprint density at radius 3 is 2.20 bits per heavy atom. The van der Waals surface area contributed by atoms with Crippen molar-refractivity contribution in [3.63, 3.8) is 0 Å². The van der Waals surface area contributed by atoms with E-state index in [1.165, 1.54) is 24.1 Å². The van der Waals surface area contributed by atoms with Gasteiger partial charge in [0.05, 0.1) is 24.3 Å². The lowest BCUT2D eigenvalue weighted by Gasteiger charge is -2.26. The summed E-state index contributed by atoms with van der Waals surface area (Å²) in [4.78, 5) is 39.1. The highest BCUT2D eigenvalue weighted by molar-refractivity contribution is 6.46. The van der Waals surface area contributed by atoms with E-state index in [1.807, 2.05) is 19.9 Å². The van der Waals surface area contributed by atoms with Gasteiger partial charge in [-0.25, -0.2) is 4.79 Å². The lowest BCUT2D eigenvalue weighted by molar-refractivity contribution is -0.140. The Labute approximate surface area is 202 Å². The first-order valence-electron chi connectivity index (χ1n) is 11.0. The molecule has 4 rings (SSSR count). The molecule has 0 aliphatic carbocycles. The topological polar surface area (TPSA) is 104 Å². The summed E-state index contributed by atoms with van der Waals surface area (Å²) in [7, 11) is 1.50. The number of hydrogen-bond donors (Lipinski definition) is 2. The van der Waals surface area contributed by atoms with Crippen molar-refractivity contribution in [3.8, 4) is 5.75 Å². The summed E-state index contributed by atoms with van der Waals surface area (Å²) in [5.41, 5.74) is 3.71. The fraction of sp³-hybridized carbons (Fsp3) is 0.179. The number of ether oxygens (including phenoxy) is 1. The van der Waals surface area contributed by atoms with Crippen molar-refractivity contribution in [1.82, 2.24) is 4.90 Å². The molecule has 0 aromatic heterocycles. The predicted octanol–water partition coefficient (Wildman–Crippen LogP) is 4.63. The number of rotatable bonds is 6. The third-order valence-electron chi connectivity index (χ3n) is 6.31. The molecule has 1 aliphatic heterocycles. The highest BCUT2D eigenvalue weighted by Gasteiger charge is 2.47. The fourth-order valence-electron chi connectivity index (χ4n) is 4.25. The molecule has 1 saturated heterocycles. The van der Waals surface area contributed by atoms with Crippen LogP contribution in [0.3, 0.4) is 0 Å². The standard InChI is InChI=1S/C28H25NO6/c1-16-8-11-20(14-17(16)2)25(30)23-24(21-6-4-5-7-22(21)35-3)29(27(32)26(23)31)15-18-9-12-19(13-10-18)28(33)34/h4-14,24,30H,15H2,1-3H3,(H,33,34)/b25-23+. The van der Waals surface area contributed by atoms with Gasteiger partial charge in [0.25, 0.3) is 11.7 Å². The van der Waals surface area contributed by atoms with Crippen LogP contribution in [-0.4, -0.2) is 39.9 Å². The van der Waals surface area contributed by atoms with Gasteiger partial charge < -0.3 is 19.8 Å². The molecule has 1 amide bonds. The number of benzene rings is 3. The van der Waals surface area contributed by atoms with Gasteiger partial charge in [0.2, 0.25) is 0 Å². The summed E-state index contributed by atoms with van der Waals surface area (Å²) < 4.78 is 5.52. The molecule has 7 heteroatoms. The Morgan fingerprint density at radius 2 is 1.57 bits per heavy atom. The van der Waals surface area contributed by atoms with Gasteiger partial charge in [-0.05, 0) is 54.8 Å². The first-order valence-corrected chi connectivity index (χ1v) is 11.0. The number of para-hydroxylation sites is 1. The monoisotopic (exact) mass is 471 g/mol. The molecule has 0 spiro atoms. The highest BCUT2D eigenvalue weighted by atomic mass is 16.5. The number of aromatic carboxylic acids is 1. The van der Waals surface area contributed by atoms with Crippen molar-refractivity contribution in [3.05, 3.63) is 106 Å². The summed E-state index contributed by atoms with van der Waals surface area (Å²) in [6, 6.07) is 17.6. The first-order chi connectivity index (χ1) is 16.7. The zero-order chi connectivity index (χ0) is 25.3. The van der Waals surface area contributed by atoms with E-state index in [2.05, 4.69) is 0 Å². The Hall–Kier alpha value is -4.39. The number of likely N-dealkylation sites (tertiary alicyclic amines) is 1. The molecule has 0 radical (unpaired) electrons. The second kappa shape index (κ2) is 9.46. The molecule has 3 aromatic rings. The molecular weight excluding hydrogens is 446 g/mol. The third kappa shape index (κ3) is 4.40. The number of carboxylic acids is 1. The maximum absolute atomic E-state index is 13.3. The lowest BCUT2D eigenvalue weighted by atomic mass is 9.93. The number of Topliss-reactive ketones (excluding diaryl/α,β-unsaturated/α-hetero) is 1. The minimum absolute atomic E-state index is 0.0232. The first kappa shape index (κ1) is 23.8. The average Bonchev–Trinajstić information content (AvgIpc) is 3.10. The number of carbonyl (C=O) groups excluding carboxylic acids is 2. The highest BCUT2D eigenvalue weighted by Crippen LogP contribution is 2.43. The number of aryl methyl sites for hydroxylation is 2. The van der Waals surface area contributed by atoms with Crippen molar-refractivity contribution >= 4 is 23.4 Å². The van der Waals surface area contributed by atoms with E-state index >= 15 is 0 Å². The van der Waals surface area contributed by atoms with Gasteiger partial charge in [-0.1, -0.05) is 42.5 Å². The van der Waals surface area contributed by atoms with Crippen LogP contribution in [0, 0.1) is 13.8 Å². The Bertz CT molecular complexity index is 1360. The van der Waals surface area contributed by atoms with E-state index < -0.39 is 23.7 Å². The zero-order valence-corrected chi connectivity index (χ0v) is 19.6. The number of aliphatic hydroxyl groups is 1. The van der Waals surface area contributed by atoms with E-state index in [4.69, 9.17) is 9.84 Å². The summed E-state index contributed by atoms with van der Waals surface area (Å²) in [5.74, 6) is -2.39. The Morgan fingerprint density at radius 1 is 0.914 bits per heavy atom. The van der Waals surface area contributed by atoms with Crippen LogP contribution in [0.2, 0.25) is 0 Å². The number of carbonyl (C=O) groups is 3. The number of aliphatic hydroxyl groups excluding tert-OH is 1. The molecule has 3 aromatic carbocycles. The lowest BCUT2D eigenvalue weighted by Crippen LogP contribution is -2.29. The Balaban J connectivity index is 1.87. The van der Waals surface area contributed by atoms with Gasteiger partial charge in [0.15, 0.2) is 0 Å². The van der Waals surface area contributed by atoms with Crippen LogP contribution in [-0.2, 0) is 16.1 Å². The van der Waals surface area contributed by atoms with Crippen LogP contribution in [0.4, 0.5) is 0 Å². The molecule has 35 heavy (non-hydrogen) atoms. The second-order valence-corrected chi connectivity index (χ2v) is 8.47. The average molecular weight is 472 g/mol. The van der Waals surface area contributed by atoms with Crippen LogP contribution < -0.4 is 4.74 Å². The number of nitrogens with zero attached hydrogens (tertiary/aromatic N) is 1. The van der Waals surface area contributed by atoms with Crippen LogP contribution >= 0.6 is 0 Å². The molecule has 7 nitrogen and oxygen atoms in total. The molecule has 178 valence electrons. The van der Waals surface area contributed by atoms with Crippen LogP contribution in [0.1, 0.15) is 44.2 Å². The molecule has 1 heterocycles. The maximum Gasteiger partial charge on any atom is 0.335 e. The van der Waals surface area contributed by atoms with E-state index in [-0.39, 0.29) is 23.4 Å². The fourth-order valence-corrected chi connectivity index (χ4v) is 4.25.